The van der Waals surface area contributed by atoms with Crippen molar-refractivity contribution >= 4 is 40.4 Å². The SMILES string of the molecule is O=C(NC1CCC(CN2C(=O)C(O)(c3ccsc3)c3ccccc32)CC1)c1cc(Cl)cnc1C(F)F. The minimum absolute atomic E-state index is 0.117. The van der Waals surface area contributed by atoms with Gasteiger partial charge in [-0.3, -0.25) is 14.6 Å². The third-order valence-corrected chi connectivity index (χ3v) is 7.93. The molecule has 0 radical (unpaired) electrons. The molecule has 0 spiro atoms. The number of halogens is 3. The van der Waals surface area contributed by atoms with Gasteiger partial charge in [-0.1, -0.05) is 29.8 Å². The standard InChI is InChI=1S/C26H24ClF2N3O3S/c27-17-11-19(22(23(28)29)30-12-17)24(33)31-18-7-5-15(6-8-18)13-32-21-4-2-1-3-20(21)26(35,25(32)34)16-9-10-36-14-16/h1-4,9-12,14-15,18,23,35H,5-8,13H2,(H,31,33). The van der Waals surface area contributed by atoms with Crippen molar-refractivity contribution in [1.82, 2.24) is 10.3 Å². The zero-order chi connectivity index (χ0) is 25.4. The van der Waals surface area contributed by atoms with Gasteiger partial charge < -0.3 is 15.3 Å². The summed E-state index contributed by atoms with van der Waals surface area (Å²) in [6.45, 7) is 0.455. The van der Waals surface area contributed by atoms with Crippen molar-refractivity contribution in [3.05, 3.63) is 80.8 Å². The molecule has 188 valence electrons. The van der Waals surface area contributed by atoms with E-state index in [0.717, 1.165) is 19.0 Å². The third-order valence-electron chi connectivity index (χ3n) is 7.04. The predicted molar refractivity (Wildman–Crippen MR) is 134 cm³/mol. The number of pyridine rings is 1. The van der Waals surface area contributed by atoms with Crippen LogP contribution in [0.2, 0.25) is 5.02 Å². The zero-order valence-corrected chi connectivity index (χ0v) is 20.7. The number of nitrogens with zero attached hydrogens (tertiary/aromatic N) is 2. The number of carbonyl (C=O) groups excluding carboxylic acids is 2. The highest BCUT2D eigenvalue weighted by molar-refractivity contribution is 7.08. The number of aromatic nitrogens is 1. The van der Waals surface area contributed by atoms with Crippen LogP contribution in [0.5, 0.6) is 0 Å². The Morgan fingerprint density at radius 1 is 1.25 bits per heavy atom. The molecule has 36 heavy (non-hydrogen) atoms. The number of fused-ring (bicyclic) bond motifs is 1. The number of benzene rings is 1. The molecule has 1 saturated carbocycles. The summed E-state index contributed by atoms with van der Waals surface area (Å²) in [4.78, 5) is 31.5. The zero-order valence-electron chi connectivity index (χ0n) is 19.2. The van der Waals surface area contributed by atoms with Crippen molar-refractivity contribution in [1.29, 1.82) is 0 Å². The molecule has 1 unspecified atom stereocenters. The lowest BCUT2D eigenvalue weighted by Gasteiger charge is -2.32. The Kier molecular flexibility index (Phi) is 6.80. The fourth-order valence-electron chi connectivity index (χ4n) is 5.18. The molecule has 1 aromatic carbocycles. The summed E-state index contributed by atoms with van der Waals surface area (Å²) in [7, 11) is 0. The van der Waals surface area contributed by atoms with Gasteiger partial charge in [-0.15, -0.1) is 0 Å². The van der Waals surface area contributed by atoms with E-state index in [0.29, 0.717) is 36.2 Å². The van der Waals surface area contributed by atoms with Crippen molar-refractivity contribution in [2.24, 2.45) is 5.92 Å². The first-order valence-corrected chi connectivity index (χ1v) is 13.0. The van der Waals surface area contributed by atoms with E-state index in [1.54, 1.807) is 22.4 Å². The van der Waals surface area contributed by atoms with E-state index in [4.69, 9.17) is 11.6 Å². The lowest BCUT2D eigenvalue weighted by Crippen LogP contribution is -2.44. The van der Waals surface area contributed by atoms with Crippen LogP contribution in [0.15, 0.2) is 53.4 Å². The van der Waals surface area contributed by atoms with Gasteiger partial charge >= 0.3 is 0 Å². The number of alkyl halides is 2. The van der Waals surface area contributed by atoms with Gasteiger partial charge in [0.05, 0.1) is 16.3 Å². The van der Waals surface area contributed by atoms with Crippen LogP contribution in [-0.2, 0) is 10.4 Å². The smallest absolute Gasteiger partial charge is 0.281 e. The second kappa shape index (κ2) is 9.88. The second-order valence-electron chi connectivity index (χ2n) is 9.23. The first-order chi connectivity index (χ1) is 17.3. The van der Waals surface area contributed by atoms with E-state index in [9.17, 15) is 23.5 Å². The van der Waals surface area contributed by atoms with Gasteiger partial charge in [0.1, 0.15) is 5.69 Å². The van der Waals surface area contributed by atoms with Gasteiger partial charge in [-0.2, -0.15) is 11.3 Å². The molecule has 3 aromatic rings. The molecule has 0 bridgehead atoms. The summed E-state index contributed by atoms with van der Waals surface area (Å²) in [5.41, 5.74) is -0.646. The number of para-hydroxylation sites is 1. The minimum Gasteiger partial charge on any atom is -0.372 e. The van der Waals surface area contributed by atoms with Gasteiger partial charge in [-0.05, 0) is 60.6 Å². The molecule has 2 aromatic heterocycles. The molecule has 10 heteroatoms. The van der Waals surface area contributed by atoms with Crippen LogP contribution < -0.4 is 10.2 Å². The molecule has 1 fully saturated rings. The summed E-state index contributed by atoms with van der Waals surface area (Å²) in [6, 6.07) is 10.1. The highest BCUT2D eigenvalue weighted by atomic mass is 35.5. The van der Waals surface area contributed by atoms with Crippen LogP contribution in [0.3, 0.4) is 0 Å². The third kappa shape index (κ3) is 4.40. The van der Waals surface area contributed by atoms with Crippen LogP contribution in [0.1, 0.15) is 59.3 Å². The van der Waals surface area contributed by atoms with Crippen molar-refractivity contribution in [2.75, 3.05) is 11.4 Å². The minimum atomic E-state index is -2.88. The molecular weight excluding hydrogens is 508 g/mol. The van der Waals surface area contributed by atoms with Crippen LogP contribution in [0.4, 0.5) is 14.5 Å². The average Bonchev–Trinajstić information content (AvgIpc) is 3.49. The van der Waals surface area contributed by atoms with E-state index in [1.165, 1.54) is 17.4 Å². The summed E-state index contributed by atoms with van der Waals surface area (Å²) < 4.78 is 26.6. The number of hydrogen-bond acceptors (Lipinski definition) is 5. The maximum absolute atomic E-state index is 13.5. The van der Waals surface area contributed by atoms with Gasteiger partial charge in [-0.25, -0.2) is 8.78 Å². The Labute approximate surface area is 215 Å². The topological polar surface area (TPSA) is 82.5 Å². The van der Waals surface area contributed by atoms with Gasteiger partial charge in [0, 0.05) is 29.9 Å². The highest BCUT2D eigenvalue weighted by Gasteiger charge is 2.51. The summed E-state index contributed by atoms with van der Waals surface area (Å²) in [5, 5.41) is 18.1. The number of amides is 2. The molecule has 5 rings (SSSR count). The number of hydrogen-bond donors (Lipinski definition) is 2. The number of nitrogens with one attached hydrogen (secondary N) is 1. The molecule has 3 heterocycles. The molecule has 1 aliphatic carbocycles. The Bertz CT molecular complexity index is 1280. The number of carbonyl (C=O) groups is 2. The normalized spacial score (nSPS) is 23.7. The summed E-state index contributed by atoms with van der Waals surface area (Å²) in [6.07, 6.45) is 0.988. The Hall–Kier alpha value is -2.88. The van der Waals surface area contributed by atoms with Gasteiger partial charge in [0.25, 0.3) is 18.2 Å². The maximum atomic E-state index is 13.5. The number of rotatable bonds is 6. The Balaban J connectivity index is 1.25. The average molecular weight is 532 g/mol. The molecule has 0 saturated heterocycles. The molecule has 2 amide bonds. The quantitative estimate of drug-likeness (QED) is 0.452. The largest absolute Gasteiger partial charge is 0.372 e. The van der Waals surface area contributed by atoms with Crippen LogP contribution in [-0.4, -0.2) is 34.5 Å². The van der Waals surface area contributed by atoms with Gasteiger partial charge in [0.2, 0.25) is 0 Å². The van der Waals surface area contributed by atoms with Crippen molar-refractivity contribution in [2.45, 2.75) is 43.8 Å². The monoisotopic (exact) mass is 531 g/mol. The Morgan fingerprint density at radius 2 is 2.00 bits per heavy atom. The van der Waals surface area contributed by atoms with Crippen LogP contribution in [0.25, 0.3) is 0 Å². The summed E-state index contributed by atoms with van der Waals surface area (Å²) >= 11 is 7.30. The van der Waals surface area contributed by atoms with Crippen molar-refractivity contribution in [3.63, 3.8) is 0 Å². The predicted octanol–water partition coefficient (Wildman–Crippen LogP) is 5.31. The molecule has 1 atom stereocenters. The van der Waals surface area contributed by atoms with E-state index in [-0.39, 0.29) is 28.5 Å². The van der Waals surface area contributed by atoms with Gasteiger partial charge in [0.15, 0.2) is 5.60 Å². The Morgan fingerprint density at radius 3 is 2.69 bits per heavy atom. The molecule has 2 N–H and O–H groups in total. The molecule has 1 aliphatic heterocycles. The second-order valence-corrected chi connectivity index (χ2v) is 10.4. The molecular formula is C26H24ClF2N3O3S. The van der Waals surface area contributed by atoms with E-state index in [2.05, 4.69) is 10.3 Å². The van der Waals surface area contributed by atoms with Crippen molar-refractivity contribution < 1.29 is 23.5 Å². The van der Waals surface area contributed by atoms with E-state index in [1.807, 2.05) is 23.6 Å². The lowest BCUT2D eigenvalue weighted by molar-refractivity contribution is -0.132. The highest BCUT2D eigenvalue weighted by Crippen LogP contribution is 2.45. The number of aliphatic hydroxyl groups is 1. The fraction of sp³-hybridized carbons (Fsp3) is 0.346. The van der Waals surface area contributed by atoms with E-state index < -0.39 is 23.6 Å². The summed E-state index contributed by atoms with van der Waals surface area (Å²) in [5.74, 6) is -0.803. The van der Waals surface area contributed by atoms with Crippen molar-refractivity contribution in [3.8, 4) is 0 Å². The number of thiophene rings is 1. The molecule has 2 aliphatic rings. The first kappa shape index (κ1) is 24.8. The molecule has 6 nitrogen and oxygen atoms in total. The van der Waals surface area contributed by atoms with E-state index >= 15 is 0 Å². The number of anilines is 1. The first-order valence-electron chi connectivity index (χ1n) is 11.7. The maximum Gasteiger partial charge on any atom is 0.281 e. The lowest BCUT2D eigenvalue weighted by atomic mass is 9.85. The fourth-order valence-corrected chi connectivity index (χ4v) is 6.04. The van der Waals surface area contributed by atoms with Crippen LogP contribution >= 0.6 is 22.9 Å². The van der Waals surface area contributed by atoms with Crippen LogP contribution in [0, 0.1) is 5.92 Å².